The lowest BCUT2D eigenvalue weighted by Gasteiger charge is -2.25. The molecule has 0 radical (unpaired) electrons. The highest BCUT2D eigenvalue weighted by atomic mass is 16.3. The summed E-state index contributed by atoms with van der Waals surface area (Å²) in [5.74, 6) is 0.663. The molecule has 2 nitrogen and oxygen atoms in total. The van der Waals surface area contributed by atoms with E-state index >= 15 is 0 Å². The van der Waals surface area contributed by atoms with E-state index in [1.165, 1.54) is 5.69 Å². The van der Waals surface area contributed by atoms with Crippen LogP contribution < -0.4 is 4.90 Å². The lowest BCUT2D eigenvalue weighted by atomic mass is 10.1. The zero-order valence-corrected chi connectivity index (χ0v) is 11.5. The molecular formula is C15H25NO. The topological polar surface area (TPSA) is 23.5 Å². The van der Waals surface area contributed by atoms with Crippen molar-refractivity contribution >= 4 is 5.69 Å². The SMILES string of the molecule is CCC(O)c1ccc(N(CC)CC(C)C)cc1. The minimum atomic E-state index is -0.329. The van der Waals surface area contributed by atoms with Crippen molar-refractivity contribution in [2.24, 2.45) is 5.92 Å². The number of anilines is 1. The first-order chi connectivity index (χ1) is 8.08. The van der Waals surface area contributed by atoms with E-state index in [0.29, 0.717) is 5.92 Å². The van der Waals surface area contributed by atoms with Gasteiger partial charge in [0, 0.05) is 18.8 Å². The molecule has 0 aliphatic rings. The van der Waals surface area contributed by atoms with Gasteiger partial charge in [-0.25, -0.2) is 0 Å². The number of hydrogen-bond acceptors (Lipinski definition) is 2. The van der Waals surface area contributed by atoms with Crippen molar-refractivity contribution in [3.8, 4) is 0 Å². The van der Waals surface area contributed by atoms with Crippen LogP contribution in [-0.2, 0) is 0 Å². The highest BCUT2D eigenvalue weighted by Gasteiger charge is 2.08. The number of benzene rings is 1. The van der Waals surface area contributed by atoms with E-state index in [2.05, 4.69) is 37.8 Å². The summed E-state index contributed by atoms with van der Waals surface area (Å²) >= 11 is 0. The van der Waals surface area contributed by atoms with E-state index in [0.717, 1.165) is 25.1 Å². The number of aliphatic hydroxyl groups excluding tert-OH is 1. The van der Waals surface area contributed by atoms with Gasteiger partial charge in [0.1, 0.15) is 0 Å². The van der Waals surface area contributed by atoms with Gasteiger partial charge in [0.2, 0.25) is 0 Å². The van der Waals surface area contributed by atoms with Crippen molar-refractivity contribution in [3.05, 3.63) is 29.8 Å². The second kappa shape index (κ2) is 6.65. The largest absolute Gasteiger partial charge is 0.388 e. The Hall–Kier alpha value is -1.02. The summed E-state index contributed by atoms with van der Waals surface area (Å²) < 4.78 is 0. The van der Waals surface area contributed by atoms with Crippen molar-refractivity contribution in [2.45, 2.75) is 40.2 Å². The second-order valence-electron chi connectivity index (χ2n) is 4.95. The third-order valence-electron chi connectivity index (χ3n) is 3.00. The third kappa shape index (κ3) is 4.04. The Morgan fingerprint density at radius 2 is 1.71 bits per heavy atom. The predicted octanol–water partition coefficient (Wildman–Crippen LogP) is 3.61. The fraction of sp³-hybridized carbons (Fsp3) is 0.600. The van der Waals surface area contributed by atoms with Gasteiger partial charge < -0.3 is 10.0 Å². The van der Waals surface area contributed by atoms with E-state index in [1.54, 1.807) is 0 Å². The summed E-state index contributed by atoms with van der Waals surface area (Å²) in [6.45, 7) is 10.7. The molecule has 0 aliphatic carbocycles. The Morgan fingerprint density at radius 1 is 1.12 bits per heavy atom. The molecule has 17 heavy (non-hydrogen) atoms. The second-order valence-corrected chi connectivity index (χ2v) is 4.95. The quantitative estimate of drug-likeness (QED) is 0.814. The van der Waals surface area contributed by atoms with Gasteiger partial charge in [0.15, 0.2) is 0 Å². The minimum Gasteiger partial charge on any atom is -0.388 e. The molecule has 1 aromatic rings. The van der Waals surface area contributed by atoms with Crippen LogP contribution in [-0.4, -0.2) is 18.2 Å². The maximum absolute atomic E-state index is 9.75. The molecule has 1 atom stereocenters. The lowest BCUT2D eigenvalue weighted by Crippen LogP contribution is -2.27. The van der Waals surface area contributed by atoms with E-state index in [1.807, 2.05) is 19.1 Å². The van der Waals surface area contributed by atoms with E-state index in [-0.39, 0.29) is 6.10 Å². The Balaban J connectivity index is 2.77. The van der Waals surface area contributed by atoms with E-state index < -0.39 is 0 Å². The summed E-state index contributed by atoms with van der Waals surface area (Å²) in [6.07, 6.45) is 0.437. The average molecular weight is 235 g/mol. The molecule has 0 bridgehead atoms. The van der Waals surface area contributed by atoms with Crippen molar-refractivity contribution in [1.82, 2.24) is 0 Å². The maximum atomic E-state index is 9.75. The Bertz CT molecular complexity index is 318. The van der Waals surface area contributed by atoms with Gasteiger partial charge in [-0.1, -0.05) is 32.9 Å². The molecule has 0 heterocycles. The molecule has 1 N–H and O–H groups in total. The highest BCUT2D eigenvalue weighted by molar-refractivity contribution is 5.47. The molecule has 0 fully saturated rings. The van der Waals surface area contributed by atoms with Crippen LogP contribution in [0.3, 0.4) is 0 Å². The number of aliphatic hydroxyl groups is 1. The van der Waals surface area contributed by atoms with Crippen LogP contribution in [0, 0.1) is 5.92 Å². The molecular weight excluding hydrogens is 210 g/mol. The molecule has 0 spiro atoms. The first-order valence-corrected chi connectivity index (χ1v) is 6.61. The van der Waals surface area contributed by atoms with Crippen LogP contribution in [0.5, 0.6) is 0 Å². The fourth-order valence-electron chi connectivity index (χ4n) is 2.00. The van der Waals surface area contributed by atoms with Gasteiger partial charge in [-0.2, -0.15) is 0 Å². The lowest BCUT2D eigenvalue weighted by molar-refractivity contribution is 0.173. The molecule has 1 aromatic carbocycles. The zero-order chi connectivity index (χ0) is 12.8. The molecule has 0 amide bonds. The van der Waals surface area contributed by atoms with Gasteiger partial charge in [-0.05, 0) is 37.0 Å². The summed E-state index contributed by atoms with van der Waals surface area (Å²) in [6, 6.07) is 8.29. The standard InChI is InChI=1S/C15H25NO/c1-5-15(17)13-7-9-14(10-8-13)16(6-2)11-12(3)4/h7-10,12,15,17H,5-6,11H2,1-4H3. The number of hydrogen-bond donors (Lipinski definition) is 1. The summed E-state index contributed by atoms with van der Waals surface area (Å²) in [5.41, 5.74) is 2.25. The monoisotopic (exact) mass is 235 g/mol. The van der Waals surface area contributed by atoms with Crippen molar-refractivity contribution in [2.75, 3.05) is 18.0 Å². The Labute approximate surface area is 105 Å². The molecule has 2 heteroatoms. The molecule has 1 rings (SSSR count). The van der Waals surface area contributed by atoms with Gasteiger partial charge in [-0.15, -0.1) is 0 Å². The van der Waals surface area contributed by atoms with Crippen LogP contribution >= 0.6 is 0 Å². The van der Waals surface area contributed by atoms with Gasteiger partial charge >= 0.3 is 0 Å². The first-order valence-electron chi connectivity index (χ1n) is 6.61. The van der Waals surface area contributed by atoms with Crippen molar-refractivity contribution in [1.29, 1.82) is 0 Å². The predicted molar refractivity (Wildman–Crippen MR) is 74.4 cm³/mol. The van der Waals surface area contributed by atoms with Crippen molar-refractivity contribution in [3.63, 3.8) is 0 Å². The molecule has 1 unspecified atom stereocenters. The highest BCUT2D eigenvalue weighted by Crippen LogP contribution is 2.21. The number of nitrogens with zero attached hydrogens (tertiary/aromatic N) is 1. The van der Waals surface area contributed by atoms with E-state index in [9.17, 15) is 5.11 Å². The molecule has 96 valence electrons. The molecule has 0 saturated heterocycles. The van der Waals surface area contributed by atoms with E-state index in [4.69, 9.17) is 0 Å². The third-order valence-corrected chi connectivity index (χ3v) is 3.00. The van der Waals surface area contributed by atoms with Crippen LogP contribution in [0.15, 0.2) is 24.3 Å². The zero-order valence-electron chi connectivity index (χ0n) is 11.5. The smallest absolute Gasteiger partial charge is 0.0787 e. The van der Waals surface area contributed by atoms with Crippen LogP contribution in [0.4, 0.5) is 5.69 Å². The fourth-order valence-corrected chi connectivity index (χ4v) is 2.00. The van der Waals surface area contributed by atoms with Gasteiger partial charge in [-0.3, -0.25) is 0 Å². The summed E-state index contributed by atoms with van der Waals surface area (Å²) in [7, 11) is 0. The van der Waals surface area contributed by atoms with Crippen LogP contribution in [0.1, 0.15) is 45.8 Å². The minimum absolute atomic E-state index is 0.329. The normalized spacial score (nSPS) is 12.8. The van der Waals surface area contributed by atoms with Crippen molar-refractivity contribution < 1.29 is 5.11 Å². The van der Waals surface area contributed by atoms with Crippen LogP contribution in [0.2, 0.25) is 0 Å². The molecule has 0 saturated carbocycles. The van der Waals surface area contributed by atoms with Gasteiger partial charge in [0.25, 0.3) is 0 Å². The Kier molecular flexibility index (Phi) is 5.49. The maximum Gasteiger partial charge on any atom is 0.0787 e. The summed E-state index contributed by atoms with van der Waals surface area (Å²) in [4.78, 5) is 2.37. The number of rotatable bonds is 6. The summed E-state index contributed by atoms with van der Waals surface area (Å²) in [5, 5.41) is 9.75. The Morgan fingerprint density at radius 3 is 2.12 bits per heavy atom. The molecule has 0 aliphatic heterocycles. The average Bonchev–Trinajstić information content (AvgIpc) is 2.35. The van der Waals surface area contributed by atoms with Crippen LogP contribution in [0.25, 0.3) is 0 Å². The van der Waals surface area contributed by atoms with Gasteiger partial charge in [0.05, 0.1) is 6.10 Å². The molecule has 0 aromatic heterocycles. The first kappa shape index (κ1) is 14.0.